The van der Waals surface area contributed by atoms with Gasteiger partial charge >= 0.3 is 5.97 Å². The van der Waals surface area contributed by atoms with E-state index < -0.39 is 43.3 Å². The number of carboxylic acid groups (broad SMARTS) is 1. The number of hydrogen-bond donors (Lipinski definition) is 6. The standard InChI is InChI=1S/C20H22O9/c21-9-14-16(23)17(24)18(25)20(29-14)28-13-8-12(22)7-11(15(13)19(26)27)6-10-4-2-1-3-5-10/h1-5,7-8,14,16-18,20-25H,6,9H2,(H,26,27). The van der Waals surface area contributed by atoms with E-state index in [0.717, 1.165) is 11.6 Å². The highest BCUT2D eigenvalue weighted by molar-refractivity contribution is 5.93. The minimum Gasteiger partial charge on any atom is -0.508 e. The predicted octanol–water partition coefficient (Wildman–Crippen LogP) is -0.140. The van der Waals surface area contributed by atoms with Crippen LogP contribution >= 0.6 is 0 Å². The number of aromatic carboxylic acids is 1. The summed E-state index contributed by atoms with van der Waals surface area (Å²) in [6, 6.07) is 11.4. The van der Waals surface area contributed by atoms with E-state index in [9.17, 15) is 35.4 Å². The number of aliphatic hydroxyl groups excluding tert-OH is 4. The average molecular weight is 406 g/mol. The molecule has 0 spiro atoms. The first-order valence-electron chi connectivity index (χ1n) is 8.92. The first-order chi connectivity index (χ1) is 13.8. The molecule has 1 fully saturated rings. The van der Waals surface area contributed by atoms with Crippen LogP contribution < -0.4 is 4.74 Å². The van der Waals surface area contributed by atoms with E-state index in [1.54, 1.807) is 24.3 Å². The van der Waals surface area contributed by atoms with Crippen molar-refractivity contribution in [1.82, 2.24) is 0 Å². The topological polar surface area (TPSA) is 157 Å². The van der Waals surface area contributed by atoms with Gasteiger partial charge in [-0.2, -0.15) is 0 Å². The van der Waals surface area contributed by atoms with Crippen molar-refractivity contribution in [3.05, 3.63) is 59.2 Å². The molecule has 2 aromatic carbocycles. The molecule has 9 nitrogen and oxygen atoms in total. The second-order valence-corrected chi connectivity index (χ2v) is 6.76. The molecular weight excluding hydrogens is 384 g/mol. The highest BCUT2D eigenvalue weighted by Crippen LogP contribution is 2.33. The number of aromatic hydroxyl groups is 1. The summed E-state index contributed by atoms with van der Waals surface area (Å²) < 4.78 is 10.7. The van der Waals surface area contributed by atoms with Gasteiger partial charge < -0.3 is 40.1 Å². The predicted molar refractivity (Wildman–Crippen MR) is 98.7 cm³/mol. The maximum absolute atomic E-state index is 11.9. The van der Waals surface area contributed by atoms with Crippen molar-refractivity contribution < 1.29 is 44.9 Å². The van der Waals surface area contributed by atoms with Gasteiger partial charge in [-0.15, -0.1) is 0 Å². The van der Waals surface area contributed by atoms with Crippen molar-refractivity contribution in [3.8, 4) is 11.5 Å². The molecule has 0 bridgehead atoms. The Balaban J connectivity index is 1.95. The molecule has 1 heterocycles. The molecule has 5 atom stereocenters. The van der Waals surface area contributed by atoms with Crippen LogP contribution in [0.5, 0.6) is 11.5 Å². The molecule has 29 heavy (non-hydrogen) atoms. The zero-order valence-corrected chi connectivity index (χ0v) is 15.3. The maximum atomic E-state index is 11.9. The van der Waals surface area contributed by atoms with Crippen LogP contribution in [0.1, 0.15) is 21.5 Å². The lowest BCUT2D eigenvalue weighted by molar-refractivity contribution is -0.277. The fourth-order valence-corrected chi connectivity index (χ4v) is 3.24. The summed E-state index contributed by atoms with van der Waals surface area (Å²) in [6.07, 6.45) is -7.56. The van der Waals surface area contributed by atoms with Crippen molar-refractivity contribution in [2.24, 2.45) is 0 Å². The molecule has 0 radical (unpaired) electrons. The van der Waals surface area contributed by atoms with Gasteiger partial charge in [-0.1, -0.05) is 30.3 Å². The molecular formula is C20H22O9. The third kappa shape index (κ3) is 4.50. The summed E-state index contributed by atoms with van der Waals surface area (Å²) >= 11 is 0. The molecule has 2 aromatic rings. The van der Waals surface area contributed by atoms with Crippen LogP contribution in [-0.4, -0.2) is 73.9 Å². The monoisotopic (exact) mass is 406 g/mol. The van der Waals surface area contributed by atoms with Gasteiger partial charge in [0.1, 0.15) is 41.5 Å². The molecule has 1 saturated heterocycles. The highest BCUT2D eigenvalue weighted by Gasteiger charge is 2.45. The lowest BCUT2D eigenvalue weighted by Gasteiger charge is -2.39. The van der Waals surface area contributed by atoms with Gasteiger partial charge in [-0.05, 0) is 23.6 Å². The smallest absolute Gasteiger partial charge is 0.339 e. The summed E-state index contributed by atoms with van der Waals surface area (Å²) in [7, 11) is 0. The largest absolute Gasteiger partial charge is 0.508 e. The maximum Gasteiger partial charge on any atom is 0.339 e. The first-order valence-corrected chi connectivity index (χ1v) is 8.92. The Morgan fingerprint density at radius 1 is 1.03 bits per heavy atom. The van der Waals surface area contributed by atoms with Crippen LogP contribution in [-0.2, 0) is 11.2 Å². The number of carboxylic acids is 1. The Morgan fingerprint density at radius 2 is 1.72 bits per heavy atom. The van der Waals surface area contributed by atoms with E-state index in [0.29, 0.717) is 0 Å². The number of carbonyl (C=O) groups is 1. The molecule has 0 amide bonds. The van der Waals surface area contributed by atoms with Crippen molar-refractivity contribution in [2.45, 2.75) is 37.1 Å². The van der Waals surface area contributed by atoms with E-state index in [-0.39, 0.29) is 29.0 Å². The van der Waals surface area contributed by atoms with Gasteiger partial charge in [-0.25, -0.2) is 4.79 Å². The molecule has 0 saturated carbocycles. The third-order valence-corrected chi connectivity index (χ3v) is 4.71. The minimum absolute atomic E-state index is 0.196. The fraction of sp³-hybridized carbons (Fsp3) is 0.350. The second kappa shape index (κ2) is 8.76. The third-order valence-electron chi connectivity index (χ3n) is 4.71. The van der Waals surface area contributed by atoms with Crippen LogP contribution in [0.15, 0.2) is 42.5 Å². The molecule has 5 unspecified atom stereocenters. The number of phenolic OH excluding ortho intramolecular Hbond substituents is 1. The SMILES string of the molecule is O=C(O)c1c(Cc2ccccc2)cc(O)cc1OC1OC(CO)C(O)C(O)C1O. The number of benzene rings is 2. The Kier molecular flexibility index (Phi) is 6.36. The van der Waals surface area contributed by atoms with E-state index >= 15 is 0 Å². The molecule has 6 N–H and O–H groups in total. The van der Waals surface area contributed by atoms with Gasteiger partial charge in [0.25, 0.3) is 0 Å². The molecule has 156 valence electrons. The van der Waals surface area contributed by atoms with E-state index in [1.165, 1.54) is 6.07 Å². The van der Waals surface area contributed by atoms with Crippen LogP contribution in [0.2, 0.25) is 0 Å². The van der Waals surface area contributed by atoms with Crippen molar-refractivity contribution in [2.75, 3.05) is 6.61 Å². The van der Waals surface area contributed by atoms with E-state index in [2.05, 4.69) is 0 Å². The molecule has 9 heteroatoms. The Bertz CT molecular complexity index is 853. The van der Waals surface area contributed by atoms with Crippen LogP contribution in [0.3, 0.4) is 0 Å². The quantitative estimate of drug-likeness (QED) is 0.384. The number of hydrogen-bond acceptors (Lipinski definition) is 8. The van der Waals surface area contributed by atoms with E-state index in [4.69, 9.17) is 9.47 Å². The minimum atomic E-state index is -1.71. The average Bonchev–Trinajstić information content (AvgIpc) is 2.68. The van der Waals surface area contributed by atoms with Gasteiger partial charge in [0, 0.05) is 6.07 Å². The van der Waals surface area contributed by atoms with E-state index in [1.807, 2.05) is 6.07 Å². The zero-order chi connectivity index (χ0) is 21.1. The first kappa shape index (κ1) is 21.0. The Hall–Kier alpha value is -2.69. The number of aliphatic hydroxyl groups is 4. The summed E-state index contributed by atoms with van der Waals surface area (Å²) in [5, 5.41) is 58.9. The summed E-state index contributed by atoms with van der Waals surface area (Å²) in [5.74, 6) is -1.87. The molecule has 0 aliphatic carbocycles. The van der Waals surface area contributed by atoms with Gasteiger partial charge in [0.05, 0.1) is 6.61 Å². The summed E-state index contributed by atoms with van der Waals surface area (Å²) in [4.78, 5) is 11.9. The van der Waals surface area contributed by atoms with Crippen LogP contribution in [0, 0.1) is 0 Å². The van der Waals surface area contributed by atoms with Crippen molar-refractivity contribution in [1.29, 1.82) is 0 Å². The molecule has 1 aliphatic heterocycles. The lowest BCUT2D eigenvalue weighted by atomic mass is 9.97. The van der Waals surface area contributed by atoms with Gasteiger partial charge in [0.15, 0.2) is 0 Å². The molecule has 0 aromatic heterocycles. The molecule has 3 rings (SSSR count). The number of rotatable bonds is 6. The highest BCUT2D eigenvalue weighted by atomic mass is 16.7. The van der Waals surface area contributed by atoms with Crippen LogP contribution in [0.4, 0.5) is 0 Å². The van der Waals surface area contributed by atoms with Gasteiger partial charge in [-0.3, -0.25) is 0 Å². The second-order valence-electron chi connectivity index (χ2n) is 6.76. The van der Waals surface area contributed by atoms with Gasteiger partial charge in [0.2, 0.25) is 6.29 Å². The van der Waals surface area contributed by atoms with Crippen molar-refractivity contribution >= 4 is 5.97 Å². The Morgan fingerprint density at radius 3 is 2.34 bits per heavy atom. The fourth-order valence-electron chi connectivity index (χ4n) is 3.24. The zero-order valence-electron chi connectivity index (χ0n) is 15.3. The summed E-state index contributed by atoms with van der Waals surface area (Å²) in [6.45, 7) is -0.657. The summed E-state index contributed by atoms with van der Waals surface area (Å²) in [5.41, 5.74) is 0.825. The Labute approximate surface area is 166 Å². The lowest BCUT2D eigenvalue weighted by Crippen LogP contribution is -2.60. The normalized spacial score (nSPS) is 26.8. The van der Waals surface area contributed by atoms with Crippen LogP contribution in [0.25, 0.3) is 0 Å². The van der Waals surface area contributed by atoms with Crippen molar-refractivity contribution in [3.63, 3.8) is 0 Å². The number of ether oxygens (including phenoxy) is 2. The molecule has 1 aliphatic rings. The number of phenols is 1.